The monoisotopic (exact) mass is 859 g/mol. The summed E-state index contributed by atoms with van der Waals surface area (Å²) in [5.41, 5.74) is 3.75. The molecule has 3 aliphatic carbocycles. The molecule has 11 rings (SSSR count). The first-order valence-electron chi connectivity index (χ1n) is 20.0. The van der Waals surface area contributed by atoms with Crippen molar-refractivity contribution in [2.24, 2.45) is 11.8 Å². The molecule has 0 saturated heterocycles. The highest BCUT2D eigenvalue weighted by Gasteiger charge is 2.37. The third kappa shape index (κ3) is 7.18. The van der Waals surface area contributed by atoms with Crippen molar-refractivity contribution in [1.82, 2.24) is 54.4 Å². The van der Waals surface area contributed by atoms with Crippen molar-refractivity contribution in [3.05, 3.63) is 70.5 Å². The average Bonchev–Trinajstić information content (AvgIpc) is 4.07. The van der Waals surface area contributed by atoms with E-state index >= 15 is 0 Å². The topological polar surface area (TPSA) is 221 Å². The molecule has 8 aromatic rings. The molecule has 0 radical (unpaired) electrons. The Labute approximate surface area is 355 Å². The molecule has 8 aromatic heterocycles. The Bertz CT molecular complexity index is 2990. The van der Waals surface area contributed by atoms with E-state index in [9.17, 15) is 14.7 Å². The summed E-state index contributed by atoms with van der Waals surface area (Å²) in [6.07, 6.45) is 17.6. The smallest absolute Gasteiger partial charge is 0.306 e. The third-order valence-corrected chi connectivity index (χ3v) is 14.2. The van der Waals surface area contributed by atoms with Crippen LogP contribution in [0.25, 0.3) is 31.7 Å². The number of aromatic nitrogens is 10. The van der Waals surface area contributed by atoms with Gasteiger partial charge in [-0.05, 0) is 75.8 Å². The lowest BCUT2D eigenvalue weighted by Gasteiger charge is -2.40. The average molecular weight is 860 g/mol. The number of carboxylic acids is 1. The van der Waals surface area contributed by atoms with Crippen LogP contribution in [0.1, 0.15) is 59.9 Å². The summed E-state index contributed by atoms with van der Waals surface area (Å²) >= 11 is 3.20. The number of hydrogen-bond donors (Lipinski definition) is 4. The number of fused-ring (bicyclic) bond motifs is 8. The van der Waals surface area contributed by atoms with Crippen LogP contribution in [0.5, 0.6) is 11.5 Å². The van der Waals surface area contributed by atoms with Gasteiger partial charge >= 0.3 is 5.97 Å². The molecule has 0 aliphatic heterocycles. The van der Waals surface area contributed by atoms with E-state index in [2.05, 4.69) is 63.0 Å². The van der Waals surface area contributed by atoms with E-state index in [-0.39, 0.29) is 23.3 Å². The van der Waals surface area contributed by atoms with E-state index in [1.807, 2.05) is 6.07 Å². The van der Waals surface area contributed by atoms with Gasteiger partial charge in [0.25, 0.3) is 0 Å². The van der Waals surface area contributed by atoms with Crippen molar-refractivity contribution in [3.8, 4) is 11.5 Å². The highest BCUT2D eigenvalue weighted by atomic mass is 32.1. The normalized spacial score (nSPS) is 17.8. The lowest BCUT2D eigenvalue weighted by Crippen LogP contribution is -2.53. The zero-order valence-electron chi connectivity index (χ0n) is 33.5. The molecule has 1 fully saturated rings. The predicted molar refractivity (Wildman–Crippen MR) is 230 cm³/mol. The largest absolute Gasteiger partial charge is 0.491 e. The van der Waals surface area contributed by atoms with Gasteiger partial charge in [0.2, 0.25) is 5.91 Å². The van der Waals surface area contributed by atoms with Gasteiger partial charge in [-0.2, -0.15) is 10.2 Å². The van der Waals surface area contributed by atoms with Crippen molar-refractivity contribution in [2.45, 2.75) is 70.3 Å². The molecule has 0 aromatic carbocycles. The zero-order valence-corrected chi connectivity index (χ0v) is 35.1. The molecule has 1 amide bonds. The third-order valence-electron chi connectivity index (χ3n) is 11.9. The molecule has 18 nitrogen and oxygen atoms in total. The Hall–Kier alpha value is -6.54. The molecule has 4 N–H and O–H groups in total. The van der Waals surface area contributed by atoms with Crippen molar-refractivity contribution in [2.75, 3.05) is 24.9 Å². The summed E-state index contributed by atoms with van der Waals surface area (Å²) in [7, 11) is 3.18. The number of carbonyl (C=O) groups is 2. The van der Waals surface area contributed by atoms with Crippen LogP contribution in [0.4, 0.5) is 23.3 Å². The minimum absolute atomic E-state index is 0.0112. The Kier molecular flexibility index (Phi) is 9.81. The second-order valence-corrected chi connectivity index (χ2v) is 17.9. The number of carboxylic acid groups (broad SMARTS) is 1. The molecule has 61 heavy (non-hydrogen) atoms. The lowest BCUT2D eigenvalue weighted by atomic mass is 9.77. The number of nitrogens with one attached hydrogen (secondary N) is 3. The van der Waals surface area contributed by atoms with E-state index in [0.29, 0.717) is 65.3 Å². The van der Waals surface area contributed by atoms with Gasteiger partial charge in [-0.3, -0.25) is 9.59 Å². The number of carbonyl (C=O) groups excluding carboxylic acids is 1. The van der Waals surface area contributed by atoms with Crippen LogP contribution in [0, 0.1) is 11.8 Å². The maximum Gasteiger partial charge on any atom is 0.306 e. The fourth-order valence-corrected chi connectivity index (χ4v) is 11.0. The molecular weight excluding hydrogens is 819 g/mol. The molecule has 8 heterocycles. The van der Waals surface area contributed by atoms with Crippen LogP contribution < -0.4 is 25.4 Å². The number of nitrogens with zero attached hydrogens (tertiary/aromatic N) is 10. The standard InChI is InChI=1S/C23H25N7O2S.C18H16N6O3S/c1-23(7-3-8-23)29-21(31)13-4-5-14-16(10-13)33-22-18(14)20(24-12-25-22)28-19-15(32-2)11-30-17(27-19)6-9-26-30;1-27-11-7-24-13(4-5-21-24)22-15(11)23-16-14-10-3-2-9(18(25)26)6-12(10)28-17(14)20-8-19-16/h6,9,11-13H,3-5,7-8,10H2,1-2H3,(H,29,31)(H,24,25,27,28);4-5,7-9H,2-3,6H2,1H3,(H,25,26)(H,19,20,22,23)/t13-;9-/m00/s1. The Morgan fingerprint density at radius 3 is 1.74 bits per heavy atom. The Morgan fingerprint density at radius 1 is 0.754 bits per heavy atom. The number of rotatable bonds is 9. The van der Waals surface area contributed by atoms with E-state index < -0.39 is 5.97 Å². The maximum absolute atomic E-state index is 12.9. The highest BCUT2D eigenvalue weighted by Crippen LogP contribution is 2.43. The van der Waals surface area contributed by atoms with Gasteiger partial charge in [-0.15, -0.1) is 22.7 Å². The van der Waals surface area contributed by atoms with E-state index in [1.54, 1.807) is 71.8 Å². The van der Waals surface area contributed by atoms with Crippen molar-refractivity contribution in [1.29, 1.82) is 0 Å². The van der Waals surface area contributed by atoms with E-state index in [4.69, 9.17) is 9.47 Å². The van der Waals surface area contributed by atoms with Crippen LogP contribution >= 0.6 is 22.7 Å². The van der Waals surface area contributed by atoms with Crippen molar-refractivity contribution < 1.29 is 24.2 Å². The fraction of sp³-hybridized carbons (Fsp3) is 0.366. The van der Waals surface area contributed by atoms with Crippen LogP contribution in [-0.2, 0) is 35.3 Å². The van der Waals surface area contributed by atoms with Gasteiger partial charge in [0.1, 0.15) is 34.0 Å². The first-order valence-corrected chi connectivity index (χ1v) is 21.7. The minimum atomic E-state index is -0.740. The number of aryl methyl sites for hydroxylation is 2. The number of methoxy groups -OCH3 is 2. The zero-order chi connectivity index (χ0) is 41.8. The van der Waals surface area contributed by atoms with Gasteiger partial charge in [-0.25, -0.2) is 38.9 Å². The van der Waals surface area contributed by atoms with Gasteiger partial charge in [0.15, 0.2) is 34.4 Å². The van der Waals surface area contributed by atoms with Crippen LogP contribution in [0.3, 0.4) is 0 Å². The number of aliphatic carboxylic acids is 1. The summed E-state index contributed by atoms with van der Waals surface area (Å²) in [4.78, 5) is 55.5. The molecule has 0 spiro atoms. The van der Waals surface area contributed by atoms with Crippen molar-refractivity contribution in [3.63, 3.8) is 0 Å². The van der Waals surface area contributed by atoms with E-state index in [1.165, 1.54) is 34.5 Å². The first kappa shape index (κ1) is 38.6. The molecule has 2 atom stereocenters. The quantitative estimate of drug-likeness (QED) is 0.125. The summed E-state index contributed by atoms with van der Waals surface area (Å²) in [6.45, 7) is 2.15. The van der Waals surface area contributed by atoms with Crippen LogP contribution in [-0.4, -0.2) is 85.9 Å². The maximum atomic E-state index is 12.9. The molecule has 1 saturated carbocycles. The lowest BCUT2D eigenvalue weighted by molar-refractivity contribution is -0.142. The SMILES string of the molecule is COc1cn2nccc2nc1Nc1ncnc2sc3c(c12)CC[C@H](C(=O)NC1(C)CCC1)C3.COc1cn2nccc2nc1Nc1ncnc2sc3c(c12)CC[C@H](C(=O)O)C3. The molecular formula is C41H41N13O5S2. The van der Waals surface area contributed by atoms with E-state index in [0.717, 1.165) is 63.0 Å². The Morgan fingerprint density at radius 2 is 1.26 bits per heavy atom. The number of ether oxygens (including phenoxy) is 2. The second kappa shape index (κ2) is 15.5. The minimum Gasteiger partial charge on any atom is -0.491 e. The number of anilines is 4. The summed E-state index contributed by atoms with van der Waals surface area (Å²) in [5, 5.41) is 29.6. The fourth-order valence-electron chi connectivity index (χ4n) is 8.45. The molecule has 3 aliphatic rings. The summed E-state index contributed by atoms with van der Waals surface area (Å²) in [6, 6.07) is 3.64. The number of hydrogen-bond acceptors (Lipinski definition) is 16. The highest BCUT2D eigenvalue weighted by molar-refractivity contribution is 7.19. The van der Waals surface area contributed by atoms with Crippen LogP contribution in [0.15, 0.2) is 49.6 Å². The molecule has 0 bridgehead atoms. The Balaban J connectivity index is 0.000000148. The molecule has 0 unspecified atom stereocenters. The summed E-state index contributed by atoms with van der Waals surface area (Å²) < 4.78 is 14.3. The van der Waals surface area contributed by atoms with Gasteiger partial charge < -0.3 is 30.5 Å². The summed E-state index contributed by atoms with van der Waals surface area (Å²) in [5.74, 6) is 2.70. The van der Waals surface area contributed by atoms with Crippen LogP contribution in [0.2, 0.25) is 0 Å². The second-order valence-electron chi connectivity index (χ2n) is 15.8. The predicted octanol–water partition coefficient (Wildman–Crippen LogP) is 6.33. The molecule has 20 heteroatoms. The van der Waals surface area contributed by atoms with Gasteiger partial charge in [0.05, 0.1) is 55.7 Å². The van der Waals surface area contributed by atoms with Gasteiger partial charge in [-0.1, -0.05) is 0 Å². The number of thiophene rings is 2. The molecule has 312 valence electrons. The number of amides is 1. The van der Waals surface area contributed by atoms with Crippen molar-refractivity contribution >= 4 is 89.5 Å². The first-order chi connectivity index (χ1) is 29.7. The van der Waals surface area contributed by atoms with Gasteiger partial charge in [0, 0.05) is 33.3 Å².